The Morgan fingerprint density at radius 2 is 1.43 bits per heavy atom. The fraction of sp³-hybridized carbons (Fsp3) is 1.00. The molecule has 0 aromatic carbocycles. The van der Waals surface area contributed by atoms with Crippen LogP contribution < -0.4 is 5.73 Å². The summed E-state index contributed by atoms with van der Waals surface area (Å²) in [5.74, 6) is 0. The Hall–Kier alpha value is -0.0800. The zero-order chi connectivity index (χ0) is 11.0. The highest BCUT2D eigenvalue weighted by atomic mass is 16.5. The Labute approximate surface area is 88.2 Å². The summed E-state index contributed by atoms with van der Waals surface area (Å²) in [5.41, 5.74) is 6.46. The average Bonchev–Trinajstić information content (AvgIpc) is 1.98. The SMILES string of the molecule is COC1(CN)CC(C)(C)CC(C)(C)C1. The van der Waals surface area contributed by atoms with E-state index in [1.807, 2.05) is 0 Å². The predicted octanol–water partition coefficient (Wildman–Crippen LogP) is 2.57. The van der Waals surface area contributed by atoms with Crippen LogP contribution in [0.15, 0.2) is 0 Å². The van der Waals surface area contributed by atoms with Gasteiger partial charge in [0.2, 0.25) is 0 Å². The van der Waals surface area contributed by atoms with Gasteiger partial charge in [-0.15, -0.1) is 0 Å². The molecule has 1 aliphatic carbocycles. The van der Waals surface area contributed by atoms with Crippen LogP contribution in [0.1, 0.15) is 47.0 Å². The standard InChI is InChI=1S/C12H25NO/c1-10(2)6-11(3,4)8-12(7-10,9-13)14-5/h6-9,13H2,1-5H3. The molecule has 2 nitrogen and oxygen atoms in total. The molecule has 1 rings (SSSR count). The fourth-order valence-corrected chi connectivity index (χ4v) is 3.60. The van der Waals surface area contributed by atoms with Crippen LogP contribution in [0.5, 0.6) is 0 Å². The first kappa shape index (κ1) is 12.0. The minimum Gasteiger partial charge on any atom is -0.377 e. The third kappa shape index (κ3) is 2.48. The van der Waals surface area contributed by atoms with Crippen molar-refractivity contribution >= 4 is 0 Å². The summed E-state index contributed by atoms with van der Waals surface area (Å²) >= 11 is 0. The van der Waals surface area contributed by atoms with E-state index >= 15 is 0 Å². The average molecular weight is 199 g/mol. The Balaban J connectivity index is 2.90. The van der Waals surface area contributed by atoms with Gasteiger partial charge in [-0.3, -0.25) is 0 Å². The Morgan fingerprint density at radius 1 is 1.00 bits per heavy atom. The molecule has 1 saturated carbocycles. The molecular formula is C12H25NO. The van der Waals surface area contributed by atoms with Gasteiger partial charge in [0, 0.05) is 13.7 Å². The van der Waals surface area contributed by atoms with Crippen LogP contribution in [0.3, 0.4) is 0 Å². The first-order valence-electron chi connectivity index (χ1n) is 5.50. The van der Waals surface area contributed by atoms with Crippen molar-refractivity contribution in [1.82, 2.24) is 0 Å². The van der Waals surface area contributed by atoms with Gasteiger partial charge in [-0.2, -0.15) is 0 Å². The molecule has 14 heavy (non-hydrogen) atoms. The smallest absolute Gasteiger partial charge is 0.0810 e. The summed E-state index contributed by atoms with van der Waals surface area (Å²) < 4.78 is 5.67. The van der Waals surface area contributed by atoms with Gasteiger partial charge in [0.15, 0.2) is 0 Å². The van der Waals surface area contributed by atoms with E-state index in [-0.39, 0.29) is 5.60 Å². The van der Waals surface area contributed by atoms with Gasteiger partial charge in [0.05, 0.1) is 5.60 Å². The lowest BCUT2D eigenvalue weighted by Crippen LogP contribution is -2.51. The van der Waals surface area contributed by atoms with E-state index in [1.165, 1.54) is 6.42 Å². The van der Waals surface area contributed by atoms with Gasteiger partial charge in [-0.05, 0) is 30.1 Å². The van der Waals surface area contributed by atoms with Gasteiger partial charge < -0.3 is 10.5 Å². The highest BCUT2D eigenvalue weighted by Gasteiger charge is 2.46. The van der Waals surface area contributed by atoms with Crippen molar-refractivity contribution in [3.63, 3.8) is 0 Å². The molecule has 0 unspecified atom stereocenters. The summed E-state index contributed by atoms with van der Waals surface area (Å²) in [6.07, 6.45) is 3.41. The number of hydrogen-bond acceptors (Lipinski definition) is 2. The van der Waals surface area contributed by atoms with Crippen molar-refractivity contribution < 1.29 is 4.74 Å². The maximum Gasteiger partial charge on any atom is 0.0810 e. The van der Waals surface area contributed by atoms with Gasteiger partial charge in [-0.25, -0.2) is 0 Å². The maximum absolute atomic E-state index is 5.87. The molecule has 1 fully saturated rings. The summed E-state index contributed by atoms with van der Waals surface area (Å²) in [4.78, 5) is 0. The Kier molecular flexibility index (Phi) is 2.99. The Morgan fingerprint density at radius 3 is 1.71 bits per heavy atom. The highest BCUT2D eigenvalue weighted by molar-refractivity contribution is 4.99. The van der Waals surface area contributed by atoms with E-state index < -0.39 is 0 Å². The molecule has 1 aliphatic rings. The minimum atomic E-state index is -0.0920. The van der Waals surface area contributed by atoms with Crippen LogP contribution in [0.4, 0.5) is 0 Å². The summed E-state index contributed by atoms with van der Waals surface area (Å²) in [5, 5.41) is 0. The van der Waals surface area contributed by atoms with Crippen molar-refractivity contribution in [2.24, 2.45) is 16.6 Å². The Bertz CT molecular complexity index is 186. The molecule has 0 aromatic rings. The van der Waals surface area contributed by atoms with Gasteiger partial charge in [0.1, 0.15) is 0 Å². The molecule has 84 valence electrons. The molecule has 0 saturated heterocycles. The third-order valence-corrected chi connectivity index (χ3v) is 3.36. The molecule has 0 bridgehead atoms. The molecule has 2 N–H and O–H groups in total. The fourth-order valence-electron chi connectivity index (χ4n) is 3.60. The number of methoxy groups -OCH3 is 1. The summed E-state index contributed by atoms with van der Waals surface area (Å²) in [7, 11) is 1.80. The molecule has 0 atom stereocenters. The minimum absolute atomic E-state index is 0.0920. The van der Waals surface area contributed by atoms with Gasteiger partial charge in [0.25, 0.3) is 0 Å². The van der Waals surface area contributed by atoms with Crippen molar-refractivity contribution in [2.45, 2.75) is 52.6 Å². The topological polar surface area (TPSA) is 35.2 Å². The molecule has 2 heteroatoms. The molecule has 0 spiro atoms. The van der Waals surface area contributed by atoms with Crippen molar-refractivity contribution in [3.8, 4) is 0 Å². The molecule has 0 aromatic heterocycles. The molecule has 0 heterocycles. The number of rotatable bonds is 2. The van der Waals surface area contributed by atoms with Crippen molar-refractivity contribution in [3.05, 3.63) is 0 Å². The van der Waals surface area contributed by atoms with Crippen LogP contribution in [-0.2, 0) is 4.74 Å². The zero-order valence-electron chi connectivity index (χ0n) is 10.3. The normalized spacial score (nSPS) is 28.7. The van der Waals surface area contributed by atoms with Crippen molar-refractivity contribution in [1.29, 1.82) is 0 Å². The lowest BCUT2D eigenvalue weighted by molar-refractivity contribution is -0.104. The van der Waals surface area contributed by atoms with E-state index in [2.05, 4.69) is 27.7 Å². The van der Waals surface area contributed by atoms with E-state index in [0.717, 1.165) is 12.8 Å². The van der Waals surface area contributed by atoms with Crippen LogP contribution >= 0.6 is 0 Å². The van der Waals surface area contributed by atoms with Gasteiger partial charge in [-0.1, -0.05) is 27.7 Å². The maximum atomic E-state index is 5.87. The summed E-state index contributed by atoms with van der Waals surface area (Å²) in [6, 6.07) is 0. The molecule has 0 radical (unpaired) electrons. The van der Waals surface area contributed by atoms with Crippen LogP contribution in [0.2, 0.25) is 0 Å². The van der Waals surface area contributed by atoms with E-state index in [0.29, 0.717) is 17.4 Å². The molecular weight excluding hydrogens is 174 g/mol. The second-order valence-electron chi connectivity index (χ2n) is 6.45. The van der Waals surface area contributed by atoms with Gasteiger partial charge >= 0.3 is 0 Å². The van der Waals surface area contributed by atoms with E-state index in [4.69, 9.17) is 10.5 Å². The number of ether oxygens (including phenoxy) is 1. The van der Waals surface area contributed by atoms with Crippen LogP contribution in [0.25, 0.3) is 0 Å². The lowest BCUT2D eigenvalue weighted by Gasteiger charge is -2.51. The second kappa shape index (κ2) is 3.49. The monoisotopic (exact) mass is 199 g/mol. The first-order chi connectivity index (χ1) is 6.24. The number of hydrogen-bond donors (Lipinski definition) is 1. The largest absolute Gasteiger partial charge is 0.377 e. The molecule has 0 aliphatic heterocycles. The van der Waals surface area contributed by atoms with Crippen molar-refractivity contribution in [2.75, 3.05) is 13.7 Å². The van der Waals surface area contributed by atoms with E-state index in [9.17, 15) is 0 Å². The predicted molar refractivity (Wildman–Crippen MR) is 60.2 cm³/mol. The molecule has 0 amide bonds. The first-order valence-corrected chi connectivity index (χ1v) is 5.50. The number of nitrogens with two attached hydrogens (primary N) is 1. The second-order valence-corrected chi connectivity index (χ2v) is 6.45. The third-order valence-electron chi connectivity index (χ3n) is 3.36. The van der Waals surface area contributed by atoms with Crippen LogP contribution in [0, 0.1) is 10.8 Å². The van der Waals surface area contributed by atoms with E-state index in [1.54, 1.807) is 7.11 Å². The zero-order valence-corrected chi connectivity index (χ0v) is 10.3. The summed E-state index contributed by atoms with van der Waals surface area (Å²) in [6.45, 7) is 9.90. The quantitative estimate of drug-likeness (QED) is 0.742. The van der Waals surface area contributed by atoms with Crippen LogP contribution in [-0.4, -0.2) is 19.3 Å². The lowest BCUT2D eigenvalue weighted by atomic mass is 9.59. The highest BCUT2D eigenvalue weighted by Crippen LogP contribution is 2.50.